The van der Waals surface area contributed by atoms with Crippen LogP contribution in [-0.2, 0) is 14.8 Å². The van der Waals surface area contributed by atoms with E-state index in [2.05, 4.69) is 0 Å². The van der Waals surface area contributed by atoms with Gasteiger partial charge in [0.25, 0.3) is 10.0 Å². The van der Waals surface area contributed by atoms with Crippen LogP contribution in [0.1, 0.15) is 0 Å². The molecule has 1 amide bonds. The maximum Gasteiger partial charge on any atom is 0.264 e. The molecule has 0 aromatic heterocycles. The molecule has 33 heavy (non-hydrogen) atoms. The molecule has 0 radical (unpaired) electrons. The van der Waals surface area contributed by atoms with Crippen LogP contribution in [0.4, 0.5) is 15.8 Å². The molecule has 3 aromatic rings. The van der Waals surface area contributed by atoms with E-state index in [0.29, 0.717) is 42.6 Å². The van der Waals surface area contributed by atoms with Crippen LogP contribution in [0.15, 0.2) is 83.8 Å². The Labute approximate surface area is 197 Å². The Morgan fingerprint density at radius 2 is 1.48 bits per heavy atom. The Bertz CT molecular complexity index is 1220. The number of hydrogen-bond donors (Lipinski definition) is 0. The van der Waals surface area contributed by atoms with Gasteiger partial charge in [0.2, 0.25) is 5.91 Å². The van der Waals surface area contributed by atoms with Gasteiger partial charge in [0.05, 0.1) is 16.3 Å². The van der Waals surface area contributed by atoms with Crippen molar-refractivity contribution in [2.24, 2.45) is 0 Å². The number of benzene rings is 3. The minimum absolute atomic E-state index is 0.0946. The number of hydrogen-bond acceptors (Lipinski definition) is 4. The van der Waals surface area contributed by atoms with Gasteiger partial charge in [-0.15, -0.1) is 0 Å². The van der Waals surface area contributed by atoms with Crippen LogP contribution in [0.3, 0.4) is 0 Å². The summed E-state index contributed by atoms with van der Waals surface area (Å²) in [7, 11) is -3.98. The fourth-order valence-corrected chi connectivity index (χ4v) is 5.33. The minimum Gasteiger partial charge on any atom is -0.366 e. The normalized spacial score (nSPS) is 14.2. The van der Waals surface area contributed by atoms with Crippen molar-refractivity contribution < 1.29 is 17.6 Å². The number of piperazine rings is 1. The number of halogens is 2. The second-order valence-electron chi connectivity index (χ2n) is 7.62. The van der Waals surface area contributed by atoms with Gasteiger partial charge in [-0.3, -0.25) is 9.10 Å². The van der Waals surface area contributed by atoms with Crippen molar-refractivity contribution in [3.05, 3.63) is 89.7 Å². The van der Waals surface area contributed by atoms with Gasteiger partial charge in [-0.2, -0.15) is 0 Å². The van der Waals surface area contributed by atoms with Gasteiger partial charge in [-0.25, -0.2) is 12.8 Å². The molecule has 3 aromatic carbocycles. The summed E-state index contributed by atoms with van der Waals surface area (Å²) < 4.78 is 42.0. The third kappa shape index (κ3) is 5.12. The molecule has 172 valence electrons. The van der Waals surface area contributed by atoms with Crippen LogP contribution < -0.4 is 9.21 Å². The molecule has 1 saturated heterocycles. The quantitative estimate of drug-likeness (QED) is 0.527. The lowest BCUT2D eigenvalue weighted by Crippen LogP contribution is -2.52. The molecule has 6 nitrogen and oxygen atoms in total. The van der Waals surface area contributed by atoms with E-state index in [1.54, 1.807) is 65.6 Å². The topological polar surface area (TPSA) is 60.9 Å². The molecule has 1 fully saturated rings. The van der Waals surface area contributed by atoms with Crippen molar-refractivity contribution in [3.63, 3.8) is 0 Å². The van der Waals surface area contributed by atoms with Gasteiger partial charge < -0.3 is 9.80 Å². The number of para-hydroxylation sites is 1. The zero-order chi connectivity index (χ0) is 23.4. The van der Waals surface area contributed by atoms with E-state index in [0.717, 1.165) is 4.31 Å². The van der Waals surface area contributed by atoms with Crippen molar-refractivity contribution in [2.45, 2.75) is 4.90 Å². The van der Waals surface area contributed by atoms with Gasteiger partial charge in [0.15, 0.2) is 0 Å². The lowest BCUT2D eigenvalue weighted by Gasteiger charge is -2.37. The monoisotopic (exact) mass is 487 g/mol. The third-order valence-corrected chi connectivity index (χ3v) is 7.59. The molecular weight excluding hydrogens is 465 g/mol. The molecule has 0 atom stereocenters. The van der Waals surface area contributed by atoms with E-state index in [4.69, 9.17) is 11.6 Å². The number of carbonyl (C=O) groups excluding carboxylic acids is 1. The van der Waals surface area contributed by atoms with E-state index in [-0.39, 0.29) is 23.2 Å². The first-order chi connectivity index (χ1) is 15.9. The molecule has 4 rings (SSSR count). The highest BCUT2D eigenvalue weighted by Crippen LogP contribution is 2.26. The van der Waals surface area contributed by atoms with Crippen LogP contribution in [-0.4, -0.2) is 51.9 Å². The van der Waals surface area contributed by atoms with Gasteiger partial charge in [0.1, 0.15) is 12.4 Å². The Kier molecular flexibility index (Phi) is 6.85. The second-order valence-corrected chi connectivity index (χ2v) is 9.92. The van der Waals surface area contributed by atoms with E-state index < -0.39 is 10.0 Å². The number of nitrogens with zero attached hydrogens (tertiary/aromatic N) is 3. The van der Waals surface area contributed by atoms with Crippen LogP contribution in [0, 0.1) is 5.82 Å². The molecule has 0 saturated carbocycles. The smallest absolute Gasteiger partial charge is 0.264 e. The molecule has 1 aliphatic heterocycles. The number of rotatable bonds is 6. The Balaban J connectivity index is 1.53. The Morgan fingerprint density at radius 1 is 0.879 bits per heavy atom. The number of sulfonamides is 1. The van der Waals surface area contributed by atoms with E-state index in [1.807, 2.05) is 4.90 Å². The van der Waals surface area contributed by atoms with Gasteiger partial charge in [-0.1, -0.05) is 41.9 Å². The lowest BCUT2D eigenvalue weighted by molar-refractivity contribution is -0.129. The Hall–Kier alpha value is -3.10. The average Bonchev–Trinajstić information content (AvgIpc) is 2.84. The second kappa shape index (κ2) is 9.80. The summed E-state index contributed by atoms with van der Waals surface area (Å²) in [6.45, 7) is 1.30. The first-order valence-corrected chi connectivity index (χ1v) is 12.3. The molecule has 0 aliphatic carbocycles. The highest BCUT2D eigenvalue weighted by molar-refractivity contribution is 7.92. The first-order valence-electron chi connectivity index (χ1n) is 10.5. The zero-order valence-corrected chi connectivity index (χ0v) is 19.3. The van der Waals surface area contributed by atoms with Gasteiger partial charge >= 0.3 is 0 Å². The van der Waals surface area contributed by atoms with Crippen molar-refractivity contribution in [2.75, 3.05) is 41.9 Å². The van der Waals surface area contributed by atoms with E-state index >= 15 is 0 Å². The molecule has 9 heteroatoms. The SMILES string of the molecule is O=C(CN(c1ccc(Cl)cc1)S(=O)(=O)c1ccccc1)N1CCN(c2ccccc2F)CC1. The molecule has 0 N–H and O–H groups in total. The highest BCUT2D eigenvalue weighted by atomic mass is 35.5. The molecule has 0 unspecified atom stereocenters. The fraction of sp³-hybridized carbons (Fsp3) is 0.208. The van der Waals surface area contributed by atoms with Crippen molar-refractivity contribution >= 4 is 38.9 Å². The van der Waals surface area contributed by atoms with E-state index in [9.17, 15) is 17.6 Å². The summed E-state index contributed by atoms with van der Waals surface area (Å²) in [6.07, 6.45) is 0. The summed E-state index contributed by atoms with van der Waals surface area (Å²) in [4.78, 5) is 16.7. The first kappa shape index (κ1) is 23.1. The standard InChI is InChI=1S/C24H23ClFN3O3S/c25-19-10-12-20(13-11-19)29(33(31,32)21-6-2-1-3-7-21)18-24(30)28-16-14-27(15-17-28)23-9-5-4-8-22(23)26/h1-13H,14-18H2. The lowest BCUT2D eigenvalue weighted by atomic mass is 10.2. The fourth-order valence-electron chi connectivity index (χ4n) is 3.77. The maximum absolute atomic E-state index is 14.1. The number of carbonyl (C=O) groups is 1. The van der Waals surface area contributed by atoms with Crippen molar-refractivity contribution in [3.8, 4) is 0 Å². The largest absolute Gasteiger partial charge is 0.366 e. The van der Waals surface area contributed by atoms with Crippen LogP contribution in [0.25, 0.3) is 0 Å². The summed E-state index contributed by atoms with van der Waals surface area (Å²) in [5, 5.41) is 0.464. The minimum atomic E-state index is -3.98. The predicted octanol–water partition coefficient (Wildman–Crippen LogP) is 4.02. The molecule has 0 bridgehead atoms. The van der Waals surface area contributed by atoms with E-state index in [1.165, 1.54) is 18.2 Å². The Morgan fingerprint density at radius 3 is 2.12 bits per heavy atom. The number of anilines is 2. The number of amides is 1. The maximum atomic E-state index is 14.1. The molecule has 1 aliphatic rings. The molecule has 1 heterocycles. The third-order valence-electron chi connectivity index (χ3n) is 5.55. The highest BCUT2D eigenvalue weighted by Gasteiger charge is 2.30. The molecule has 0 spiro atoms. The summed E-state index contributed by atoms with van der Waals surface area (Å²) in [6, 6.07) is 20.8. The van der Waals surface area contributed by atoms with Crippen molar-refractivity contribution in [1.82, 2.24) is 4.90 Å². The van der Waals surface area contributed by atoms with Gasteiger partial charge in [-0.05, 0) is 48.5 Å². The van der Waals surface area contributed by atoms with Crippen LogP contribution in [0.5, 0.6) is 0 Å². The summed E-state index contributed by atoms with van der Waals surface area (Å²) in [5.41, 5.74) is 0.848. The summed E-state index contributed by atoms with van der Waals surface area (Å²) >= 11 is 5.98. The summed E-state index contributed by atoms with van der Waals surface area (Å²) in [5.74, 6) is -0.627. The van der Waals surface area contributed by atoms with Crippen LogP contribution in [0.2, 0.25) is 5.02 Å². The van der Waals surface area contributed by atoms with Crippen LogP contribution >= 0.6 is 11.6 Å². The zero-order valence-electron chi connectivity index (χ0n) is 17.8. The van der Waals surface area contributed by atoms with Gasteiger partial charge in [0, 0.05) is 31.2 Å². The average molecular weight is 488 g/mol. The van der Waals surface area contributed by atoms with Crippen molar-refractivity contribution in [1.29, 1.82) is 0 Å². The predicted molar refractivity (Wildman–Crippen MR) is 128 cm³/mol. The molecular formula is C24H23ClFN3O3S.